The largest absolute Gasteiger partial charge is 0.393 e. The number of aromatic nitrogens is 2. The van der Waals surface area contributed by atoms with E-state index in [0.717, 1.165) is 80.4 Å². The zero-order valence-electron chi connectivity index (χ0n) is 39.7. The molecule has 0 unspecified atom stereocenters. The molecule has 352 valence electrons. The van der Waals surface area contributed by atoms with Gasteiger partial charge >= 0.3 is 0 Å². The maximum absolute atomic E-state index is 12.9. The first-order valence-corrected chi connectivity index (χ1v) is 25.8. The predicted octanol–water partition coefficient (Wildman–Crippen LogP) is 6.16. The molecular formula is C53H76N2O9. The second-order valence-corrected chi connectivity index (χ2v) is 26.4. The van der Waals surface area contributed by atoms with Crippen LogP contribution in [0.2, 0.25) is 0 Å². The topological polar surface area (TPSA) is 164 Å². The molecule has 64 heavy (non-hydrogen) atoms. The van der Waals surface area contributed by atoms with Gasteiger partial charge in [-0.05, 0) is 150 Å². The zero-order chi connectivity index (χ0) is 44.7. The van der Waals surface area contributed by atoms with Crippen LogP contribution in [0.1, 0.15) is 149 Å². The molecule has 4 saturated heterocycles. The Balaban J connectivity index is 0.764. The summed E-state index contributed by atoms with van der Waals surface area (Å²) in [5.41, 5.74) is 1.59. The van der Waals surface area contributed by atoms with Gasteiger partial charge in [0, 0.05) is 41.9 Å². The second kappa shape index (κ2) is 12.8. The molecule has 12 aliphatic rings. The lowest BCUT2D eigenvalue weighted by Crippen LogP contribution is -2.66. The van der Waals surface area contributed by atoms with Gasteiger partial charge in [0.15, 0.2) is 11.6 Å². The first-order chi connectivity index (χ1) is 30.0. The molecule has 8 aliphatic carbocycles. The minimum atomic E-state index is -1.42. The Labute approximate surface area is 379 Å². The Morgan fingerprint density at radius 3 is 2.05 bits per heavy atom. The summed E-state index contributed by atoms with van der Waals surface area (Å²) in [7, 11) is 0. The van der Waals surface area contributed by atoms with E-state index in [2.05, 4.69) is 34.6 Å². The smallest absolute Gasteiger partial charge is 0.174 e. The third-order valence-electron chi connectivity index (χ3n) is 23.2. The molecule has 0 amide bonds. The van der Waals surface area contributed by atoms with Gasteiger partial charge in [-0.3, -0.25) is 9.97 Å². The van der Waals surface area contributed by atoms with Gasteiger partial charge in [0.05, 0.1) is 65.0 Å². The number of nitrogens with zero attached hydrogens (tertiary/aromatic N) is 2. The summed E-state index contributed by atoms with van der Waals surface area (Å²) in [6.07, 6.45) is 12.3. The molecular weight excluding hydrogens is 809 g/mol. The van der Waals surface area contributed by atoms with Crippen molar-refractivity contribution < 1.29 is 44.5 Å². The molecule has 0 aromatic carbocycles. The summed E-state index contributed by atoms with van der Waals surface area (Å²) in [5, 5.41) is 60.7. The average Bonchev–Trinajstić information content (AvgIpc) is 3.94. The predicted molar refractivity (Wildman–Crippen MR) is 235 cm³/mol. The highest BCUT2D eigenvalue weighted by Crippen LogP contribution is 2.73. The highest BCUT2D eigenvalue weighted by molar-refractivity contribution is 5.43. The van der Waals surface area contributed by atoms with E-state index in [1.165, 1.54) is 18.5 Å². The molecule has 0 radical (unpaired) electrons. The highest BCUT2D eigenvalue weighted by atomic mass is 16.7. The molecule has 13 rings (SSSR count). The minimum absolute atomic E-state index is 0.000139. The molecule has 22 atom stereocenters. The normalized spacial score (nSPS) is 59.4. The summed E-state index contributed by atoms with van der Waals surface area (Å²) in [5.74, 6) is 0.300. The van der Waals surface area contributed by atoms with Gasteiger partial charge in [0.1, 0.15) is 11.7 Å². The van der Waals surface area contributed by atoms with Crippen molar-refractivity contribution in [3.8, 4) is 0 Å². The van der Waals surface area contributed by atoms with Crippen LogP contribution in [0.5, 0.6) is 0 Å². The number of aliphatic hydroxyl groups excluding tert-OH is 3. The van der Waals surface area contributed by atoms with Crippen molar-refractivity contribution >= 4 is 0 Å². The van der Waals surface area contributed by atoms with E-state index in [4.69, 9.17) is 28.9 Å². The van der Waals surface area contributed by atoms with Crippen LogP contribution in [-0.4, -0.2) is 101 Å². The SMILES string of the molecule is C[C@@H]1[C@@]2(CC[C@](C)(O)CO2)O[C@H]2C=C3[C@@H]4[C@@H](O)C[C@H]5Cc6nc7c(nc6C[C@]5(C)[C@H]4C[C@@H](O)[C@]3(C)[C@]21O)C[C@@H]1CC[C@H]2[C@H]3C[C@@H]4O[C@]5(CCC(C)(C)O5)C[C@@H]4[C@@]3(C)[C@H](O)C[C@@H]2[C@@]1(C)C7. The van der Waals surface area contributed by atoms with E-state index in [9.17, 15) is 25.5 Å². The second-order valence-electron chi connectivity index (χ2n) is 26.4. The number of hydrogen-bond acceptors (Lipinski definition) is 11. The van der Waals surface area contributed by atoms with Crippen LogP contribution in [-0.2, 0) is 44.6 Å². The van der Waals surface area contributed by atoms with E-state index in [-0.39, 0.29) is 58.4 Å². The lowest BCUT2D eigenvalue weighted by atomic mass is 9.43. The van der Waals surface area contributed by atoms with Crippen LogP contribution in [0.3, 0.4) is 0 Å². The van der Waals surface area contributed by atoms with Crippen LogP contribution in [0.4, 0.5) is 0 Å². The Bertz CT molecular complexity index is 2200. The first-order valence-electron chi connectivity index (χ1n) is 25.8. The molecule has 2 spiro atoms. The van der Waals surface area contributed by atoms with Crippen LogP contribution >= 0.6 is 0 Å². The van der Waals surface area contributed by atoms with Crippen molar-refractivity contribution in [3.63, 3.8) is 0 Å². The Morgan fingerprint density at radius 1 is 0.688 bits per heavy atom. The standard InChI is InChI=1S/C53H76N2O9/c1-26-52(14-12-46(4,59)25-61-52)63-43-21-33-44-32(20-42(58)50(33,8)53(26,43)60)48(6)24-38-36(16-28(48)17-39(44)56)55-37-23-47(5)27(15-35(37)54-38)9-10-29-30(47)19-41(57)49(7)31(29)18-40-34(49)22-51(62-40)13-11-45(2,3)64-51/h21,26-32,34,39-44,56-60H,9-20,22-25H2,1-8H3/t26-,27+,28-,29-,30+,31-,32+,34+,39+,40+,41-,42-,43+,44-,46+,47+,48+,49+,50-,51+,52-,53-/m1/s1. The molecule has 1 aromatic rings. The molecule has 5 heterocycles. The Hall–Kier alpha value is -1.54. The van der Waals surface area contributed by atoms with E-state index >= 15 is 0 Å². The molecule has 9 fully saturated rings. The highest BCUT2D eigenvalue weighted by Gasteiger charge is 2.77. The lowest BCUT2D eigenvalue weighted by Gasteiger charge is -2.62. The monoisotopic (exact) mass is 885 g/mol. The van der Waals surface area contributed by atoms with Crippen molar-refractivity contribution in [2.75, 3.05) is 6.61 Å². The van der Waals surface area contributed by atoms with Crippen LogP contribution < -0.4 is 0 Å². The van der Waals surface area contributed by atoms with Crippen molar-refractivity contribution in [3.05, 3.63) is 34.4 Å². The number of rotatable bonds is 0. The number of fused-ring (bicyclic) bond motifs is 16. The molecule has 4 aliphatic heterocycles. The van der Waals surface area contributed by atoms with Gasteiger partial charge < -0.3 is 44.5 Å². The first kappa shape index (κ1) is 42.6. The average molecular weight is 885 g/mol. The fourth-order valence-electron chi connectivity index (χ4n) is 19.3. The van der Waals surface area contributed by atoms with Crippen molar-refractivity contribution in [2.45, 2.75) is 211 Å². The van der Waals surface area contributed by atoms with Gasteiger partial charge in [0.2, 0.25) is 0 Å². The van der Waals surface area contributed by atoms with E-state index in [1.54, 1.807) is 6.92 Å². The van der Waals surface area contributed by atoms with Gasteiger partial charge in [-0.25, -0.2) is 0 Å². The molecule has 11 nitrogen and oxygen atoms in total. The third-order valence-corrected chi connectivity index (χ3v) is 23.2. The van der Waals surface area contributed by atoms with Crippen LogP contribution in [0.25, 0.3) is 0 Å². The summed E-state index contributed by atoms with van der Waals surface area (Å²) in [6, 6.07) is 0. The summed E-state index contributed by atoms with van der Waals surface area (Å²) in [4.78, 5) is 11.2. The van der Waals surface area contributed by atoms with Gasteiger partial charge in [-0.15, -0.1) is 0 Å². The maximum atomic E-state index is 12.9. The van der Waals surface area contributed by atoms with Gasteiger partial charge in [-0.1, -0.05) is 46.3 Å². The van der Waals surface area contributed by atoms with E-state index < -0.39 is 52.4 Å². The lowest BCUT2D eigenvalue weighted by molar-refractivity contribution is -0.289. The van der Waals surface area contributed by atoms with E-state index in [1.807, 2.05) is 19.9 Å². The van der Waals surface area contributed by atoms with Crippen molar-refractivity contribution in [1.29, 1.82) is 0 Å². The molecule has 5 N–H and O–H groups in total. The zero-order valence-corrected chi connectivity index (χ0v) is 39.7. The minimum Gasteiger partial charge on any atom is -0.393 e. The molecule has 1 aromatic heterocycles. The third kappa shape index (κ3) is 5.11. The summed E-state index contributed by atoms with van der Waals surface area (Å²) < 4.78 is 26.6. The fourth-order valence-corrected chi connectivity index (χ4v) is 19.3. The maximum Gasteiger partial charge on any atom is 0.174 e. The van der Waals surface area contributed by atoms with Crippen molar-refractivity contribution in [2.24, 2.45) is 74.9 Å². The van der Waals surface area contributed by atoms with Crippen LogP contribution in [0.15, 0.2) is 11.6 Å². The fraction of sp³-hybridized carbons (Fsp3) is 0.887. The van der Waals surface area contributed by atoms with E-state index in [0.29, 0.717) is 55.3 Å². The Kier molecular flexibility index (Phi) is 8.51. The van der Waals surface area contributed by atoms with Crippen molar-refractivity contribution in [1.82, 2.24) is 9.97 Å². The van der Waals surface area contributed by atoms with Gasteiger partial charge in [0.25, 0.3) is 0 Å². The molecule has 11 heteroatoms. The Morgan fingerprint density at radius 2 is 1.38 bits per heavy atom. The van der Waals surface area contributed by atoms with Crippen LogP contribution in [0, 0.1) is 74.9 Å². The molecule has 5 saturated carbocycles. The number of aliphatic hydroxyl groups is 5. The number of ether oxygens (including phenoxy) is 4. The number of hydrogen-bond donors (Lipinski definition) is 5. The summed E-state index contributed by atoms with van der Waals surface area (Å²) in [6.45, 7) is 17.6. The summed E-state index contributed by atoms with van der Waals surface area (Å²) >= 11 is 0. The van der Waals surface area contributed by atoms with Gasteiger partial charge in [-0.2, -0.15) is 0 Å². The molecule has 0 bridgehead atoms. The quantitative estimate of drug-likeness (QED) is 0.190.